The first kappa shape index (κ1) is 23.7. The van der Waals surface area contributed by atoms with E-state index in [1.807, 2.05) is 35.2 Å². The lowest BCUT2D eigenvalue weighted by Gasteiger charge is -2.34. The Morgan fingerprint density at radius 2 is 1.74 bits per heavy atom. The Balaban J connectivity index is 1.23. The minimum absolute atomic E-state index is 0.00911. The maximum Gasteiger partial charge on any atom is 0.255 e. The normalized spacial score (nSPS) is 17.6. The third-order valence-corrected chi connectivity index (χ3v) is 6.59. The lowest BCUT2D eigenvalue weighted by Crippen LogP contribution is -2.50. The van der Waals surface area contributed by atoms with Crippen LogP contribution in [0, 0.1) is 23.1 Å². The number of benzene rings is 2. The Kier molecular flexibility index (Phi) is 7.10. The molecule has 2 aromatic carbocycles. The smallest absolute Gasteiger partial charge is 0.255 e. The maximum absolute atomic E-state index is 13.9. The van der Waals surface area contributed by atoms with E-state index >= 15 is 0 Å². The fourth-order valence-corrected chi connectivity index (χ4v) is 4.49. The van der Waals surface area contributed by atoms with Crippen LogP contribution in [0.15, 0.2) is 42.5 Å². The largest absolute Gasteiger partial charge is 0.380 e. The van der Waals surface area contributed by atoms with Gasteiger partial charge >= 0.3 is 0 Å². The van der Waals surface area contributed by atoms with Crippen molar-refractivity contribution in [2.75, 3.05) is 24.5 Å². The predicted octanol–water partition coefficient (Wildman–Crippen LogP) is 1.29. The van der Waals surface area contributed by atoms with E-state index < -0.39 is 29.8 Å². The first-order chi connectivity index (χ1) is 16.4. The Labute approximate surface area is 197 Å². The van der Waals surface area contributed by atoms with Gasteiger partial charge in [-0.2, -0.15) is 5.26 Å². The first-order valence-electron chi connectivity index (χ1n) is 11.3. The molecule has 178 valence electrons. The number of carbonyl (C=O) groups excluding carboxylic acids is 2. The van der Waals surface area contributed by atoms with E-state index in [4.69, 9.17) is 5.26 Å². The molecule has 4 rings (SSSR count). The molecule has 1 saturated heterocycles. The fourth-order valence-electron chi connectivity index (χ4n) is 4.49. The second kappa shape index (κ2) is 10.2. The lowest BCUT2D eigenvalue weighted by molar-refractivity contribution is -0.153. The molecule has 2 aliphatic heterocycles. The highest BCUT2D eigenvalue weighted by molar-refractivity contribution is 5.90. The summed E-state index contributed by atoms with van der Waals surface area (Å²) in [6, 6.07) is 13.9. The monoisotopic (exact) mass is 466 g/mol. The zero-order valence-corrected chi connectivity index (χ0v) is 18.7. The molecule has 9 heteroatoms. The minimum Gasteiger partial charge on any atom is -0.380 e. The van der Waals surface area contributed by atoms with Gasteiger partial charge in [0.05, 0.1) is 5.56 Å². The molecule has 0 aromatic heterocycles. The summed E-state index contributed by atoms with van der Waals surface area (Å²) in [6.07, 6.45) is -2.20. The number of aliphatic hydroxyl groups is 2. The average molecular weight is 467 g/mol. The number of amides is 2. The van der Waals surface area contributed by atoms with E-state index in [2.05, 4.69) is 5.32 Å². The van der Waals surface area contributed by atoms with Gasteiger partial charge in [0, 0.05) is 38.4 Å². The molecule has 0 aliphatic carbocycles. The van der Waals surface area contributed by atoms with Crippen LogP contribution in [0.2, 0.25) is 0 Å². The highest BCUT2D eigenvalue weighted by atomic mass is 19.1. The van der Waals surface area contributed by atoms with Crippen molar-refractivity contribution in [3.05, 3.63) is 65.0 Å². The molecule has 2 atom stereocenters. The number of carbonyl (C=O) groups is 2. The van der Waals surface area contributed by atoms with Crippen LogP contribution in [0.5, 0.6) is 0 Å². The number of anilines is 1. The zero-order valence-electron chi connectivity index (χ0n) is 18.7. The number of piperidine rings is 1. The summed E-state index contributed by atoms with van der Waals surface area (Å²) in [4.78, 5) is 28.4. The zero-order chi connectivity index (χ0) is 24.2. The van der Waals surface area contributed by atoms with E-state index in [-0.39, 0.29) is 11.5 Å². The van der Waals surface area contributed by atoms with Crippen molar-refractivity contribution in [3.8, 4) is 6.07 Å². The number of hydrogen-bond donors (Lipinski definition) is 3. The van der Waals surface area contributed by atoms with Crippen molar-refractivity contribution in [2.45, 2.75) is 38.1 Å². The molecule has 0 spiro atoms. The molecule has 2 aliphatic rings. The average Bonchev–Trinajstić information content (AvgIpc) is 3.30. The van der Waals surface area contributed by atoms with Crippen molar-refractivity contribution < 1.29 is 24.2 Å². The molecular weight excluding hydrogens is 439 g/mol. The van der Waals surface area contributed by atoms with Crippen LogP contribution in [-0.4, -0.2) is 58.8 Å². The number of rotatable bonds is 6. The van der Waals surface area contributed by atoms with E-state index in [9.17, 15) is 24.2 Å². The van der Waals surface area contributed by atoms with Crippen LogP contribution < -0.4 is 10.2 Å². The van der Waals surface area contributed by atoms with Gasteiger partial charge in [0.25, 0.3) is 11.8 Å². The molecule has 0 bridgehead atoms. The van der Waals surface area contributed by atoms with Crippen molar-refractivity contribution in [1.29, 1.82) is 5.26 Å². The molecule has 34 heavy (non-hydrogen) atoms. The predicted molar refractivity (Wildman–Crippen MR) is 122 cm³/mol. The van der Waals surface area contributed by atoms with Crippen LogP contribution in [-0.2, 0) is 22.7 Å². The van der Waals surface area contributed by atoms with Gasteiger partial charge in [-0.25, -0.2) is 4.39 Å². The van der Waals surface area contributed by atoms with Gasteiger partial charge < -0.3 is 25.3 Å². The summed E-state index contributed by atoms with van der Waals surface area (Å²) in [6.45, 7) is 2.29. The fraction of sp³-hybridized carbons (Fsp3) is 0.400. The second-order valence-electron chi connectivity index (χ2n) is 8.80. The van der Waals surface area contributed by atoms with Gasteiger partial charge in [0.1, 0.15) is 11.9 Å². The van der Waals surface area contributed by atoms with Gasteiger partial charge in [0.2, 0.25) is 0 Å². The van der Waals surface area contributed by atoms with Gasteiger partial charge in [0.15, 0.2) is 12.2 Å². The third-order valence-electron chi connectivity index (χ3n) is 6.59. The van der Waals surface area contributed by atoms with Gasteiger partial charge in [-0.15, -0.1) is 0 Å². The Hall–Kier alpha value is -3.48. The standard InChI is InChI=1S/C25H27FN4O4/c26-21-11-20(6-5-17(21)12-27)29-9-7-16(8-10-29)13-28-24(33)22(31)23(32)25(34)30-14-18-3-1-2-4-19(18)15-30/h1-6,11,16,22-23,31-32H,7-10,13-15H2,(H,28,33)/t22-,23-/m1/s1. The highest BCUT2D eigenvalue weighted by Crippen LogP contribution is 2.25. The van der Waals surface area contributed by atoms with Crippen molar-refractivity contribution in [3.63, 3.8) is 0 Å². The van der Waals surface area contributed by atoms with Crippen molar-refractivity contribution in [2.24, 2.45) is 5.92 Å². The summed E-state index contributed by atoms with van der Waals surface area (Å²) < 4.78 is 13.9. The third kappa shape index (κ3) is 5.03. The number of halogens is 1. The molecular formula is C25H27FN4O4. The molecule has 2 aromatic rings. The first-order valence-corrected chi connectivity index (χ1v) is 11.3. The van der Waals surface area contributed by atoms with Crippen LogP contribution in [0.4, 0.5) is 10.1 Å². The van der Waals surface area contributed by atoms with Gasteiger partial charge in [-0.05, 0) is 48.1 Å². The quantitative estimate of drug-likeness (QED) is 0.591. The molecule has 0 unspecified atom stereocenters. The molecule has 3 N–H and O–H groups in total. The van der Waals surface area contributed by atoms with Crippen molar-refractivity contribution in [1.82, 2.24) is 10.2 Å². The molecule has 0 radical (unpaired) electrons. The highest BCUT2D eigenvalue weighted by Gasteiger charge is 2.35. The topological polar surface area (TPSA) is 117 Å². The molecule has 2 heterocycles. The molecule has 1 fully saturated rings. The number of nitrogens with one attached hydrogen (secondary N) is 1. The van der Waals surface area contributed by atoms with Crippen molar-refractivity contribution >= 4 is 17.5 Å². The van der Waals surface area contributed by atoms with Crippen LogP contribution in [0.1, 0.15) is 29.5 Å². The van der Waals surface area contributed by atoms with E-state index in [1.165, 1.54) is 17.0 Å². The summed E-state index contributed by atoms with van der Waals surface area (Å²) in [7, 11) is 0. The summed E-state index contributed by atoms with van der Waals surface area (Å²) >= 11 is 0. The van der Waals surface area contributed by atoms with Crippen LogP contribution in [0.3, 0.4) is 0 Å². The maximum atomic E-state index is 13.9. The molecule has 2 amide bonds. The summed E-state index contributed by atoms with van der Waals surface area (Å²) in [5, 5.41) is 32.0. The lowest BCUT2D eigenvalue weighted by atomic mass is 9.96. The number of nitriles is 1. The molecule has 0 saturated carbocycles. The summed E-state index contributed by atoms with van der Waals surface area (Å²) in [5.74, 6) is -1.86. The van der Waals surface area contributed by atoms with Gasteiger partial charge in [-0.3, -0.25) is 9.59 Å². The Bertz CT molecular complexity index is 1090. The Morgan fingerprint density at radius 1 is 1.09 bits per heavy atom. The van der Waals surface area contributed by atoms with Crippen LogP contribution >= 0.6 is 0 Å². The van der Waals surface area contributed by atoms with Crippen LogP contribution in [0.25, 0.3) is 0 Å². The number of hydrogen-bond acceptors (Lipinski definition) is 6. The number of aliphatic hydroxyl groups excluding tert-OH is 2. The van der Waals surface area contributed by atoms with E-state index in [0.717, 1.165) is 24.0 Å². The van der Waals surface area contributed by atoms with E-state index in [0.29, 0.717) is 38.4 Å². The van der Waals surface area contributed by atoms with E-state index in [1.54, 1.807) is 6.07 Å². The minimum atomic E-state index is -1.85. The SMILES string of the molecule is N#Cc1ccc(N2CCC(CNC(=O)[C@H](O)[C@@H](O)C(=O)N3Cc4ccccc4C3)CC2)cc1F. The van der Waals surface area contributed by atoms with Gasteiger partial charge in [-0.1, -0.05) is 24.3 Å². The summed E-state index contributed by atoms with van der Waals surface area (Å²) in [5.41, 5.74) is 2.68. The number of nitrogens with zero attached hydrogens (tertiary/aromatic N) is 3. The second-order valence-corrected chi connectivity index (χ2v) is 8.80. The number of fused-ring (bicyclic) bond motifs is 1. The molecule has 8 nitrogen and oxygen atoms in total. The Morgan fingerprint density at radius 3 is 2.32 bits per heavy atom.